The minimum atomic E-state index is -1.06. The summed E-state index contributed by atoms with van der Waals surface area (Å²) in [6.45, 7) is 5.90. The van der Waals surface area contributed by atoms with E-state index in [-0.39, 0.29) is 5.82 Å². The van der Waals surface area contributed by atoms with Crippen molar-refractivity contribution in [1.29, 1.82) is 0 Å². The van der Waals surface area contributed by atoms with Crippen LogP contribution in [0.2, 0.25) is 6.04 Å². The second-order valence-electron chi connectivity index (χ2n) is 5.61. The highest BCUT2D eigenvalue weighted by Gasteiger charge is 2.14. The molecule has 0 spiro atoms. The lowest BCUT2D eigenvalue weighted by Gasteiger charge is -2.14. The molecule has 0 saturated heterocycles. The lowest BCUT2D eigenvalue weighted by Crippen LogP contribution is -2.23. The first-order valence-electron chi connectivity index (χ1n) is 8.62. The van der Waals surface area contributed by atoms with Crippen LogP contribution in [0.3, 0.4) is 0 Å². The first kappa shape index (κ1) is 19.3. The monoisotopic (exact) mass is 325 g/mol. The maximum Gasteiger partial charge on any atom is 0.384 e. The van der Waals surface area contributed by atoms with Crippen LogP contribution in [-0.4, -0.2) is 22.5 Å². The normalized spacial score (nSPS) is 11.3. The molecule has 4 heteroatoms. The molecular formula is C18H30FO2Si. The molecule has 22 heavy (non-hydrogen) atoms. The molecule has 0 bridgehead atoms. The number of hydrogen-bond donors (Lipinski definition) is 0. The van der Waals surface area contributed by atoms with E-state index >= 15 is 0 Å². The summed E-state index contributed by atoms with van der Waals surface area (Å²) in [6.07, 6.45) is 7.76. The van der Waals surface area contributed by atoms with Crippen molar-refractivity contribution in [3.05, 3.63) is 35.6 Å². The van der Waals surface area contributed by atoms with Gasteiger partial charge in [0.1, 0.15) is 5.82 Å². The molecule has 1 radical (unpaired) electrons. The van der Waals surface area contributed by atoms with Gasteiger partial charge in [0.05, 0.1) is 0 Å². The Kier molecular flexibility index (Phi) is 11.2. The average molecular weight is 326 g/mol. The Morgan fingerprint density at radius 2 is 1.64 bits per heavy atom. The quantitative estimate of drug-likeness (QED) is 0.363. The number of aryl methyl sites for hydroxylation is 1. The molecule has 2 nitrogen and oxygen atoms in total. The van der Waals surface area contributed by atoms with E-state index in [9.17, 15) is 4.39 Å². The molecule has 0 atom stereocenters. The van der Waals surface area contributed by atoms with E-state index in [0.29, 0.717) is 0 Å². The Morgan fingerprint density at radius 3 is 2.27 bits per heavy atom. The summed E-state index contributed by atoms with van der Waals surface area (Å²) in [5, 5.41) is 0. The highest BCUT2D eigenvalue weighted by Crippen LogP contribution is 2.12. The summed E-state index contributed by atoms with van der Waals surface area (Å²) in [7, 11) is -1.06. The molecule has 0 aromatic heterocycles. The molecule has 0 heterocycles. The first-order chi connectivity index (χ1) is 10.8. The molecule has 0 saturated carbocycles. The van der Waals surface area contributed by atoms with Crippen molar-refractivity contribution >= 4 is 9.28 Å². The molecule has 1 rings (SSSR count). The lowest BCUT2D eigenvalue weighted by atomic mass is 10.1. The minimum absolute atomic E-state index is 0.133. The molecule has 0 fully saturated rings. The van der Waals surface area contributed by atoms with Gasteiger partial charge in [-0.25, -0.2) is 4.39 Å². The SMILES string of the molecule is CCCO[Si](CCCCCCc1cccc(F)c1)OCCC. The minimum Gasteiger partial charge on any atom is -0.393 e. The van der Waals surface area contributed by atoms with E-state index in [0.717, 1.165) is 50.5 Å². The largest absolute Gasteiger partial charge is 0.393 e. The van der Waals surface area contributed by atoms with Gasteiger partial charge in [-0.05, 0) is 49.4 Å². The first-order valence-corrected chi connectivity index (χ1v) is 10.1. The zero-order valence-corrected chi connectivity index (χ0v) is 15.1. The van der Waals surface area contributed by atoms with E-state index in [1.807, 2.05) is 6.07 Å². The molecule has 1 aromatic rings. The highest BCUT2D eigenvalue weighted by molar-refractivity contribution is 6.44. The van der Waals surface area contributed by atoms with Crippen LogP contribution >= 0.6 is 0 Å². The molecule has 125 valence electrons. The van der Waals surface area contributed by atoms with E-state index in [2.05, 4.69) is 13.8 Å². The average Bonchev–Trinajstić information content (AvgIpc) is 2.52. The van der Waals surface area contributed by atoms with Crippen LogP contribution in [0.1, 0.15) is 57.9 Å². The van der Waals surface area contributed by atoms with Gasteiger partial charge in [0.15, 0.2) is 0 Å². The van der Waals surface area contributed by atoms with E-state index in [4.69, 9.17) is 8.85 Å². The molecule has 0 unspecified atom stereocenters. The topological polar surface area (TPSA) is 18.5 Å². The Hall–Kier alpha value is -0.713. The maximum atomic E-state index is 13.1. The molecule has 0 aliphatic carbocycles. The lowest BCUT2D eigenvalue weighted by molar-refractivity contribution is 0.195. The fourth-order valence-corrected chi connectivity index (χ4v) is 4.04. The van der Waals surface area contributed by atoms with Crippen molar-refractivity contribution in [1.82, 2.24) is 0 Å². The summed E-state index contributed by atoms with van der Waals surface area (Å²) in [5.41, 5.74) is 1.10. The zero-order chi connectivity index (χ0) is 16.0. The van der Waals surface area contributed by atoms with Gasteiger partial charge in [-0.15, -0.1) is 0 Å². The summed E-state index contributed by atoms with van der Waals surface area (Å²) in [4.78, 5) is 0. The van der Waals surface area contributed by atoms with E-state index in [1.54, 1.807) is 12.1 Å². The van der Waals surface area contributed by atoms with Gasteiger partial charge in [-0.3, -0.25) is 0 Å². The Morgan fingerprint density at radius 1 is 0.955 bits per heavy atom. The van der Waals surface area contributed by atoms with Crippen LogP contribution in [0.15, 0.2) is 24.3 Å². The molecule has 0 amide bonds. The van der Waals surface area contributed by atoms with Gasteiger partial charge < -0.3 is 8.85 Å². The fourth-order valence-electron chi connectivity index (χ4n) is 2.26. The zero-order valence-electron chi connectivity index (χ0n) is 14.1. The van der Waals surface area contributed by atoms with Gasteiger partial charge in [0.25, 0.3) is 0 Å². The van der Waals surface area contributed by atoms with Crippen molar-refractivity contribution in [2.45, 2.75) is 64.8 Å². The van der Waals surface area contributed by atoms with Crippen molar-refractivity contribution in [3.8, 4) is 0 Å². The van der Waals surface area contributed by atoms with Gasteiger partial charge in [-0.1, -0.05) is 45.2 Å². The van der Waals surface area contributed by atoms with Crippen LogP contribution in [0, 0.1) is 5.82 Å². The third-order valence-corrected chi connectivity index (χ3v) is 5.23. The summed E-state index contributed by atoms with van der Waals surface area (Å²) < 4.78 is 24.7. The number of benzene rings is 1. The molecule has 0 N–H and O–H groups in total. The van der Waals surface area contributed by atoms with Crippen LogP contribution < -0.4 is 0 Å². The summed E-state index contributed by atoms with van der Waals surface area (Å²) >= 11 is 0. The maximum absolute atomic E-state index is 13.1. The third kappa shape index (κ3) is 9.33. The molecule has 1 aromatic carbocycles. The fraction of sp³-hybridized carbons (Fsp3) is 0.667. The van der Waals surface area contributed by atoms with Gasteiger partial charge >= 0.3 is 9.28 Å². The number of rotatable bonds is 13. The van der Waals surface area contributed by atoms with Crippen LogP contribution in [0.4, 0.5) is 4.39 Å². The Labute approximate surface area is 136 Å². The van der Waals surface area contributed by atoms with Gasteiger partial charge in [0, 0.05) is 13.2 Å². The van der Waals surface area contributed by atoms with Crippen LogP contribution in [0.5, 0.6) is 0 Å². The van der Waals surface area contributed by atoms with Gasteiger partial charge in [-0.2, -0.15) is 0 Å². The van der Waals surface area contributed by atoms with Crippen LogP contribution in [0.25, 0.3) is 0 Å². The number of halogens is 1. The number of hydrogen-bond acceptors (Lipinski definition) is 2. The van der Waals surface area contributed by atoms with Crippen LogP contribution in [-0.2, 0) is 15.3 Å². The predicted octanol–water partition coefficient (Wildman–Crippen LogP) is 5.27. The van der Waals surface area contributed by atoms with Crippen molar-refractivity contribution in [2.24, 2.45) is 0 Å². The van der Waals surface area contributed by atoms with Crippen molar-refractivity contribution in [2.75, 3.05) is 13.2 Å². The second-order valence-corrected chi connectivity index (χ2v) is 7.43. The summed E-state index contributed by atoms with van der Waals surface area (Å²) in [6, 6.07) is 8.00. The Balaban J connectivity index is 2.09. The number of unbranched alkanes of at least 4 members (excludes halogenated alkanes) is 3. The second kappa shape index (κ2) is 12.8. The molecule has 0 aliphatic rings. The predicted molar refractivity (Wildman–Crippen MR) is 91.6 cm³/mol. The molecule has 0 aliphatic heterocycles. The molecular weight excluding hydrogens is 295 g/mol. The summed E-state index contributed by atoms with van der Waals surface area (Å²) in [5.74, 6) is -0.133. The highest BCUT2D eigenvalue weighted by atomic mass is 28.3. The van der Waals surface area contributed by atoms with Gasteiger partial charge in [0.2, 0.25) is 0 Å². The van der Waals surface area contributed by atoms with Crippen molar-refractivity contribution < 1.29 is 13.2 Å². The van der Waals surface area contributed by atoms with E-state index in [1.165, 1.54) is 25.3 Å². The standard InChI is InChI=1S/C18H30FO2Si/c1-3-13-20-22(21-14-4-2)15-8-6-5-7-10-17-11-9-12-18(19)16-17/h9,11-12,16H,3-8,10,13-15H2,1-2H3. The van der Waals surface area contributed by atoms with E-state index < -0.39 is 9.28 Å². The third-order valence-electron chi connectivity index (χ3n) is 3.42. The smallest absolute Gasteiger partial charge is 0.384 e. The Bertz CT molecular complexity index is 379. The van der Waals surface area contributed by atoms with Crippen molar-refractivity contribution in [3.63, 3.8) is 0 Å².